The van der Waals surface area contributed by atoms with Crippen LogP contribution in [0.5, 0.6) is 0 Å². The summed E-state index contributed by atoms with van der Waals surface area (Å²) in [5, 5.41) is 0. The van der Waals surface area contributed by atoms with Gasteiger partial charge >= 0.3 is 0 Å². The summed E-state index contributed by atoms with van der Waals surface area (Å²) < 4.78 is 5.56. The topological polar surface area (TPSA) is 88.5 Å². The van der Waals surface area contributed by atoms with E-state index in [0.717, 1.165) is 42.6 Å². The lowest BCUT2D eigenvalue weighted by molar-refractivity contribution is -0.137. The molecule has 2 aromatic rings. The van der Waals surface area contributed by atoms with Crippen molar-refractivity contribution in [3.63, 3.8) is 0 Å². The van der Waals surface area contributed by atoms with Gasteiger partial charge in [-0.25, -0.2) is 9.97 Å². The van der Waals surface area contributed by atoms with Crippen LogP contribution in [0.2, 0.25) is 0 Å². The lowest BCUT2D eigenvalue weighted by Gasteiger charge is -2.24. The van der Waals surface area contributed by atoms with Crippen molar-refractivity contribution in [2.75, 3.05) is 32.8 Å². The standard InChI is InChI=1S/C21H25N5O3/c27-20-4-2-7-25(20)9-10-29-14-21(28)26-8-1-3-19(26)18-6-5-16(13-24-18)17-11-22-15-23-12-17/h5-6,11-13,15,19H,1-4,7-10,14H2/t19-/m1/s1. The van der Waals surface area contributed by atoms with Crippen molar-refractivity contribution in [3.05, 3.63) is 42.7 Å². The summed E-state index contributed by atoms with van der Waals surface area (Å²) in [5.41, 5.74) is 2.75. The average Bonchev–Trinajstić information content (AvgIpc) is 3.41. The molecule has 0 unspecified atom stereocenters. The van der Waals surface area contributed by atoms with Gasteiger partial charge in [0, 0.05) is 55.8 Å². The SMILES string of the molecule is O=C1CCCN1CCOCC(=O)N1CCC[C@@H]1c1ccc(-c2cncnc2)cn1. The van der Waals surface area contributed by atoms with Crippen LogP contribution in [0.3, 0.4) is 0 Å². The zero-order valence-electron chi connectivity index (χ0n) is 16.4. The Morgan fingerprint density at radius 1 is 1.10 bits per heavy atom. The number of carbonyl (C=O) groups excluding carboxylic acids is 2. The Bertz CT molecular complexity index is 843. The molecule has 0 aromatic carbocycles. The van der Waals surface area contributed by atoms with Crippen LogP contribution in [0.4, 0.5) is 0 Å². The number of nitrogens with zero attached hydrogens (tertiary/aromatic N) is 5. The molecule has 0 aliphatic carbocycles. The van der Waals surface area contributed by atoms with Crippen molar-refractivity contribution in [2.24, 2.45) is 0 Å². The number of pyridine rings is 1. The monoisotopic (exact) mass is 395 g/mol. The average molecular weight is 395 g/mol. The third kappa shape index (κ3) is 4.59. The number of rotatable bonds is 7. The van der Waals surface area contributed by atoms with Gasteiger partial charge in [-0.3, -0.25) is 14.6 Å². The smallest absolute Gasteiger partial charge is 0.249 e. The Hall–Kier alpha value is -2.87. The summed E-state index contributed by atoms with van der Waals surface area (Å²) in [5.74, 6) is 0.152. The molecule has 2 amide bonds. The van der Waals surface area contributed by atoms with Crippen LogP contribution in [0.25, 0.3) is 11.1 Å². The predicted molar refractivity (Wildman–Crippen MR) is 106 cm³/mol. The van der Waals surface area contributed by atoms with Gasteiger partial charge in [0.25, 0.3) is 0 Å². The molecular weight excluding hydrogens is 370 g/mol. The fourth-order valence-electron chi connectivity index (χ4n) is 3.95. The maximum absolute atomic E-state index is 12.7. The van der Waals surface area contributed by atoms with Gasteiger partial charge in [0.1, 0.15) is 12.9 Å². The van der Waals surface area contributed by atoms with Crippen molar-refractivity contribution >= 4 is 11.8 Å². The van der Waals surface area contributed by atoms with Crippen molar-refractivity contribution < 1.29 is 14.3 Å². The fraction of sp³-hybridized carbons (Fsp3) is 0.476. The zero-order valence-corrected chi connectivity index (χ0v) is 16.4. The van der Waals surface area contributed by atoms with Gasteiger partial charge in [-0.05, 0) is 25.3 Å². The number of hydrogen-bond donors (Lipinski definition) is 0. The molecule has 8 heteroatoms. The van der Waals surface area contributed by atoms with Gasteiger partial charge in [0.2, 0.25) is 11.8 Å². The molecule has 0 saturated carbocycles. The summed E-state index contributed by atoms with van der Waals surface area (Å²) in [7, 11) is 0. The molecule has 0 spiro atoms. The van der Waals surface area contributed by atoms with Crippen LogP contribution >= 0.6 is 0 Å². The van der Waals surface area contributed by atoms with E-state index in [0.29, 0.717) is 26.1 Å². The van der Waals surface area contributed by atoms with E-state index in [4.69, 9.17) is 4.74 Å². The first-order valence-corrected chi connectivity index (χ1v) is 10.1. The molecule has 2 aromatic heterocycles. The van der Waals surface area contributed by atoms with E-state index in [1.807, 2.05) is 17.0 Å². The highest BCUT2D eigenvalue weighted by atomic mass is 16.5. The molecule has 2 aliphatic heterocycles. The Balaban J connectivity index is 1.31. The van der Waals surface area contributed by atoms with Crippen molar-refractivity contribution in [3.8, 4) is 11.1 Å². The highest BCUT2D eigenvalue weighted by Gasteiger charge is 2.31. The van der Waals surface area contributed by atoms with Gasteiger partial charge in [-0.15, -0.1) is 0 Å². The van der Waals surface area contributed by atoms with E-state index in [1.54, 1.807) is 23.5 Å². The van der Waals surface area contributed by atoms with E-state index in [-0.39, 0.29) is 24.5 Å². The van der Waals surface area contributed by atoms with E-state index >= 15 is 0 Å². The Morgan fingerprint density at radius 3 is 2.69 bits per heavy atom. The van der Waals surface area contributed by atoms with Crippen molar-refractivity contribution in [1.82, 2.24) is 24.8 Å². The fourth-order valence-corrected chi connectivity index (χ4v) is 3.95. The summed E-state index contributed by atoms with van der Waals surface area (Å²) in [6, 6.07) is 3.94. The molecule has 2 aliphatic rings. The number of hydrogen-bond acceptors (Lipinski definition) is 6. The molecule has 1 atom stereocenters. The van der Waals surface area contributed by atoms with Gasteiger partial charge in [0.15, 0.2) is 0 Å². The Morgan fingerprint density at radius 2 is 1.97 bits per heavy atom. The van der Waals surface area contributed by atoms with E-state index in [9.17, 15) is 9.59 Å². The first kappa shape index (κ1) is 19.4. The second-order valence-electron chi connectivity index (χ2n) is 7.38. The third-order valence-electron chi connectivity index (χ3n) is 5.50. The van der Waals surface area contributed by atoms with E-state index < -0.39 is 0 Å². The van der Waals surface area contributed by atoms with Gasteiger partial charge in [0.05, 0.1) is 18.3 Å². The van der Waals surface area contributed by atoms with Crippen LogP contribution in [-0.4, -0.2) is 69.4 Å². The third-order valence-corrected chi connectivity index (χ3v) is 5.50. The Kier molecular flexibility index (Phi) is 6.09. The van der Waals surface area contributed by atoms with Crippen molar-refractivity contribution in [1.29, 1.82) is 0 Å². The summed E-state index contributed by atoms with van der Waals surface area (Å²) in [6.07, 6.45) is 10.2. The van der Waals surface area contributed by atoms with Crippen LogP contribution in [0.1, 0.15) is 37.4 Å². The second kappa shape index (κ2) is 9.09. The minimum atomic E-state index is -0.0254. The number of aromatic nitrogens is 3. The molecule has 152 valence electrons. The lowest BCUT2D eigenvalue weighted by atomic mass is 10.1. The first-order chi connectivity index (χ1) is 14.2. The molecule has 4 rings (SSSR count). The van der Waals surface area contributed by atoms with Gasteiger partial charge in [-0.2, -0.15) is 0 Å². The van der Waals surface area contributed by atoms with Gasteiger partial charge < -0.3 is 14.5 Å². The molecule has 0 bridgehead atoms. The number of ether oxygens (including phenoxy) is 1. The first-order valence-electron chi connectivity index (χ1n) is 10.1. The lowest BCUT2D eigenvalue weighted by Crippen LogP contribution is -2.35. The number of likely N-dealkylation sites (tertiary alicyclic amines) is 2. The predicted octanol–water partition coefficient (Wildman–Crippen LogP) is 1.84. The van der Waals surface area contributed by atoms with Crippen LogP contribution in [0, 0.1) is 0 Å². The van der Waals surface area contributed by atoms with Crippen LogP contribution in [-0.2, 0) is 14.3 Å². The van der Waals surface area contributed by atoms with Crippen LogP contribution in [0.15, 0.2) is 37.1 Å². The number of amides is 2. The maximum Gasteiger partial charge on any atom is 0.249 e. The maximum atomic E-state index is 12.7. The molecule has 0 N–H and O–H groups in total. The van der Waals surface area contributed by atoms with E-state index in [2.05, 4.69) is 15.0 Å². The molecule has 2 saturated heterocycles. The highest BCUT2D eigenvalue weighted by molar-refractivity contribution is 5.78. The largest absolute Gasteiger partial charge is 0.370 e. The van der Waals surface area contributed by atoms with E-state index in [1.165, 1.54) is 6.33 Å². The second-order valence-corrected chi connectivity index (χ2v) is 7.38. The molecule has 4 heterocycles. The summed E-state index contributed by atoms with van der Waals surface area (Å²) in [4.78, 5) is 40.6. The molecule has 0 radical (unpaired) electrons. The Labute approximate surface area is 169 Å². The number of carbonyl (C=O) groups is 2. The normalized spacial score (nSPS) is 19.2. The molecular formula is C21H25N5O3. The molecule has 29 heavy (non-hydrogen) atoms. The van der Waals surface area contributed by atoms with Gasteiger partial charge in [-0.1, -0.05) is 6.07 Å². The van der Waals surface area contributed by atoms with Crippen LogP contribution < -0.4 is 0 Å². The molecule has 2 fully saturated rings. The van der Waals surface area contributed by atoms with Crippen molar-refractivity contribution in [2.45, 2.75) is 31.7 Å². The summed E-state index contributed by atoms with van der Waals surface area (Å²) >= 11 is 0. The zero-order chi connectivity index (χ0) is 20.1. The molecule has 8 nitrogen and oxygen atoms in total. The highest BCUT2D eigenvalue weighted by Crippen LogP contribution is 2.31. The minimum Gasteiger partial charge on any atom is -0.370 e. The minimum absolute atomic E-state index is 0.0210. The quantitative estimate of drug-likeness (QED) is 0.665. The summed E-state index contributed by atoms with van der Waals surface area (Å²) in [6.45, 7) is 2.50.